The number of hydrogen-bond donors (Lipinski definition) is 1. The van der Waals surface area contributed by atoms with Crippen molar-refractivity contribution in [3.8, 4) is 0 Å². The van der Waals surface area contributed by atoms with Gasteiger partial charge in [0.25, 0.3) is 0 Å². The lowest BCUT2D eigenvalue weighted by Gasteiger charge is -2.28. The Kier molecular flexibility index (Phi) is 4.34. The van der Waals surface area contributed by atoms with Gasteiger partial charge >= 0.3 is 0 Å². The highest BCUT2D eigenvalue weighted by atomic mass is 79.9. The molecule has 20 heavy (non-hydrogen) atoms. The molecule has 0 saturated carbocycles. The van der Waals surface area contributed by atoms with Crippen LogP contribution < -0.4 is 10.6 Å². The molecule has 2 fully saturated rings. The van der Waals surface area contributed by atoms with Crippen LogP contribution in [0.2, 0.25) is 0 Å². The van der Waals surface area contributed by atoms with Gasteiger partial charge in [0.1, 0.15) is 0 Å². The van der Waals surface area contributed by atoms with Gasteiger partial charge in [0.15, 0.2) is 0 Å². The second-order valence-electron chi connectivity index (χ2n) is 6.13. The highest BCUT2D eigenvalue weighted by Gasteiger charge is 2.29. The van der Waals surface area contributed by atoms with E-state index < -0.39 is 0 Å². The Hall–Kier alpha value is -0.580. The predicted octanol–water partition coefficient (Wildman–Crippen LogP) is 3.14. The van der Waals surface area contributed by atoms with Gasteiger partial charge in [-0.1, -0.05) is 6.07 Å². The molecule has 2 N–H and O–H groups in total. The SMILES string of the molecule is CC(N)c1ccc(N2CCCN3CCCC3C2)c(Br)c1. The van der Waals surface area contributed by atoms with Gasteiger partial charge in [-0.05, 0) is 66.4 Å². The number of nitrogens with two attached hydrogens (primary N) is 1. The zero-order valence-electron chi connectivity index (χ0n) is 12.2. The summed E-state index contributed by atoms with van der Waals surface area (Å²) in [6.45, 7) is 6.91. The highest BCUT2D eigenvalue weighted by Crippen LogP contribution is 2.32. The van der Waals surface area contributed by atoms with Crippen molar-refractivity contribution in [1.82, 2.24) is 4.90 Å². The van der Waals surface area contributed by atoms with E-state index in [0.29, 0.717) is 0 Å². The van der Waals surface area contributed by atoms with E-state index in [9.17, 15) is 0 Å². The van der Waals surface area contributed by atoms with Crippen LogP contribution in [0.3, 0.4) is 0 Å². The molecule has 4 heteroatoms. The first-order chi connectivity index (χ1) is 9.65. The largest absolute Gasteiger partial charge is 0.369 e. The zero-order valence-corrected chi connectivity index (χ0v) is 13.8. The maximum atomic E-state index is 5.97. The number of halogens is 1. The molecule has 0 aromatic heterocycles. The van der Waals surface area contributed by atoms with Crippen LogP contribution in [0, 0.1) is 0 Å². The molecule has 1 aromatic carbocycles. The van der Waals surface area contributed by atoms with E-state index >= 15 is 0 Å². The van der Waals surface area contributed by atoms with E-state index in [1.165, 1.54) is 48.1 Å². The summed E-state index contributed by atoms with van der Waals surface area (Å²) in [5, 5.41) is 0. The molecule has 0 radical (unpaired) electrons. The van der Waals surface area contributed by atoms with Crippen LogP contribution >= 0.6 is 15.9 Å². The summed E-state index contributed by atoms with van der Waals surface area (Å²) in [5.74, 6) is 0. The molecular weight excluding hydrogens is 314 g/mol. The van der Waals surface area contributed by atoms with Gasteiger partial charge in [-0.25, -0.2) is 0 Å². The van der Waals surface area contributed by atoms with Crippen molar-refractivity contribution in [3.05, 3.63) is 28.2 Å². The Bertz CT molecular complexity index is 475. The topological polar surface area (TPSA) is 32.5 Å². The van der Waals surface area contributed by atoms with Gasteiger partial charge in [0.2, 0.25) is 0 Å². The number of hydrogen-bond acceptors (Lipinski definition) is 3. The smallest absolute Gasteiger partial charge is 0.0511 e. The fraction of sp³-hybridized carbons (Fsp3) is 0.625. The third kappa shape index (κ3) is 2.87. The molecule has 0 spiro atoms. The molecule has 2 aliphatic rings. The lowest BCUT2D eigenvalue weighted by atomic mass is 10.1. The number of nitrogens with zero attached hydrogens (tertiary/aromatic N) is 2. The van der Waals surface area contributed by atoms with Gasteiger partial charge in [-0.3, -0.25) is 4.90 Å². The van der Waals surface area contributed by atoms with Gasteiger partial charge < -0.3 is 10.6 Å². The summed E-state index contributed by atoms with van der Waals surface area (Å²) in [6.07, 6.45) is 3.98. The van der Waals surface area contributed by atoms with Crippen LogP contribution in [0.1, 0.15) is 37.8 Å². The van der Waals surface area contributed by atoms with Crippen molar-refractivity contribution in [2.24, 2.45) is 5.73 Å². The maximum Gasteiger partial charge on any atom is 0.0511 e. The van der Waals surface area contributed by atoms with Gasteiger partial charge in [-0.2, -0.15) is 0 Å². The van der Waals surface area contributed by atoms with Crippen molar-refractivity contribution >= 4 is 21.6 Å². The van der Waals surface area contributed by atoms with Gasteiger partial charge in [-0.15, -0.1) is 0 Å². The zero-order chi connectivity index (χ0) is 14.1. The molecule has 2 aliphatic heterocycles. The monoisotopic (exact) mass is 337 g/mol. The molecule has 1 aromatic rings. The molecule has 2 heterocycles. The molecule has 2 atom stereocenters. The number of rotatable bonds is 2. The van der Waals surface area contributed by atoms with E-state index in [4.69, 9.17) is 5.73 Å². The summed E-state index contributed by atoms with van der Waals surface area (Å²) in [5.41, 5.74) is 8.48. The molecular formula is C16H24BrN3. The first-order valence-corrected chi connectivity index (χ1v) is 8.48. The Morgan fingerprint density at radius 2 is 2.05 bits per heavy atom. The van der Waals surface area contributed by atoms with E-state index in [1.54, 1.807) is 0 Å². The van der Waals surface area contributed by atoms with E-state index in [0.717, 1.165) is 19.1 Å². The third-order valence-corrected chi connectivity index (χ3v) is 5.28. The molecule has 2 saturated heterocycles. The van der Waals surface area contributed by atoms with Crippen LogP contribution in [0.4, 0.5) is 5.69 Å². The quantitative estimate of drug-likeness (QED) is 0.899. The summed E-state index contributed by atoms with van der Waals surface area (Å²) in [4.78, 5) is 5.22. The van der Waals surface area contributed by atoms with Crippen LogP contribution in [0.25, 0.3) is 0 Å². The Balaban J connectivity index is 1.81. The van der Waals surface area contributed by atoms with E-state index in [1.807, 2.05) is 6.92 Å². The van der Waals surface area contributed by atoms with E-state index in [-0.39, 0.29) is 6.04 Å². The number of benzene rings is 1. The number of fused-ring (bicyclic) bond motifs is 1. The summed E-state index contributed by atoms with van der Waals surface area (Å²) in [6, 6.07) is 7.42. The Morgan fingerprint density at radius 1 is 1.25 bits per heavy atom. The highest BCUT2D eigenvalue weighted by molar-refractivity contribution is 9.10. The maximum absolute atomic E-state index is 5.97. The standard InChI is InChI=1S/C16H24BrN3/c1-12(18)13-5-6-16(15(17)10-13)20-9-3-8-19-7-2-4-14(19)11-20/h5-6,10,12,14H,2-4,7-9,11,18H2,1H3. The normalized spacial score (nSPS) is 25.4. The van der Waals surface area contributed by atoms with Crippen LogP contribution in [-0.2, 0) is 0 Å². The van der Waals surface area contributed by atoms with Crippen molar-refractivity contribution < 1.29 is 0 Å². The van der Waals surface area contributed by atoms with Crippen LogP contribution in [0.5, 0.6) is 0 Å². The Labute approximate surface area is 130 Å². The van der Waals surface area contributed by atoms with Crippen molar-refractivity contribution in [1.29, 1.82) is 0 Å². The van der Waals surface area contributed by atoms with Crippen molar-refractivity contribution in [3.63, 3.8) is 0 Å². The third-order valence-electron chi connectivity index (χ3n) is 4.64. The van der Waals surface area contributed by atoms with Crippen molar-refractivity contribution in [2.75, 3.05) is 31.1 Å². The fourth-order valence-corrected chi connectivity index (χ4v) is 4.14. The summed E-state index contributed by atoms with van der Waals surface area (Å²) < 4.78 is 1.18. The molecule has 0 amide bonds. The second kappa shape index (κ2) is 6.04. The summed E-state index contributed by atoms with van der Waals surface area (Å²) in [7, 11) is 0. The minimum absolute atomic E-state index is 0.0924. The summed E-state index contributed by atoms with van der Waals surface area (Å²) >= 11 is 3.74. The lowest BCUT2D eigenvalue weighted by Crippen LogP contribution is -2.36. The average molecular weight is 338 g/mol. The predicted molar refractivity (Wildman–Crippen MR) is 88.2 cm³/mol. The molecule has 3 nitrogen and oxygen atoms in total. The number of anilines is 1. The Morgan fingerprint density at radius 3 is 2.80 bits per heavy atom. The molecule has 3 rings (SSSR count). The second-order valence-corrected chi connectivity index (χ2v) is 6.99. The van der Waals surface area contributed by atoms with Gasteiger partial charge in [0.05, 0.1) is 5.69 Å². The molecule has 0 aliphatic carbocycles. The molecule has 2 unspecified atom stereocenters. The minimum Gasteiger partial charge on any atom is -0.369 e. The van der Waals surface area contributed by atoms with Gasteiger partial charge in [0, 0.05) is 36.2 Å². The fourth-order valence-electron chi connectivity index (χ4n) is 3.49. The lowest BCUT2D eigenvalue weighted by molar-refractivity contribution is 0.273. The van der Waals surface area contributed by atoms with E-state index in [2.05, 4.69) is 43.9 Å². The van der Waals surface area contributed by atoms with Crippen LogP contribution in [-0.4, -0.2) is 37.1 Å². The first-order valence-electron chi connectivity index (χ1n) is 7.69. The van der Waals surface area contributed by atoms with Crippen molar-refractivity contribution in [2.45, 2.75) is 38.3 Å². The first kappa shape index (κ1) is 14.4. The minimum atomic E-state index is 0.0924. The average Bonchev–Trinajstić information content (AvgIpc) is 2.76. The molecule has 110 valence electrons. The molecule has 0 bridgehead atoms. The van der Waals surface area contributed by atoms with Crippen LogP contribution in [0.15, 0.2) is 22.7 Å².